The summed E-state index contributed by atoms with van der Waals surface area (Å²) in [6.45, 7) is 9.36. The minimum absolute atomic E-state index is 0.102. The third-order valence-corrected chi connectivity index (χ3v) is 3.02. The van der Waals surface area contributed by atoms with Crippen LogP contribution >= 0.6 is 0 Å². The molecule has 0 radical (unpaired) electrons. The van der Waals surface area contributed by atoms with E-state index in [9.17, 15) is 9.59 Å². The Kier molecular flexibility index (Phi) is 5.45. The second-order valence-electron chi connectivity index (χ2n) is 5.30. The normalized spacial score (nSPS) is 12.1. The molecule has 5 heteroatoms. The number of hydrogen-bond acceptors (Lipinski definition) is 2. The smallest absolute Gasteiger partial charge is 0.315 e. The van der Waals surface area contributed by atoms with E-state index in [-0.39, 0.29) is 18.0 Å². The van der Waals surface area contributed by atoms with E-state index < -0.39 is 11.5 Å². The van der Waals surface area contributed by atoms with Crippen LogP contribution in [-0.2, 0) is 4.79 Å². The zero-order chi connectivity index (χ0) is 13.7. The summed E-state index contributed by atoms with van der Waals surface area (Å²) >= 11 is 0. The van der Waals surface area contributed by atoms with Crippen molar-refractivity contribution < 1.29 is 14.7 Å². The first kappa shape index (κ1) is 15.7. The van der Waals surface area contributed by atoms with Gasteiger partial charge in [-0.2, -0.15) is 0 Å². The van der Waals surface area contributed by atoms with Crippen LogP contribution in [0.25, 0.3) is 0 Å². The minimum Gasteiger partial charge on any atom is -0.481 e. The van der Waals surface area contributed by atoms with Crippen molar-refractivity contribution in [3.8, 4) is 0 Å². The second-order valence-corrected chi connectivity index (χ2v) is 5.30. The van der Waals surface area contributed by atoms with Gasteiger partial charge in [-0.15, -0.1) is 0 Å². The highest BCUT2D eigenvalue weighted by molar-refractivity contribution is 5.77. The van der Waals surface area contributed by atoms with Crippen molar-refractivity contribution >= 4 is 12.0 Å². The third-order valence-electron chi connectivity index (χ3n) is 3.02. The monoisotopic (exact) mass is 244 g/mol. The molecule has 0 aromatic carbocycles. The first-order chi connectivity index (χ1) is 7.64. The summed E-state index contributed by atoms with van der Waals surface area (Å²) < 4.78 is 0. The molecule has 0 rings (SSSR count). The lowest BCUT2D eigenvalue weighted by Gasteiger charge is -2.31. The van der Waals surface area contributed by atoms with Crippen molar-refractivity contribution in [2.45, 2.75) is 65.0 Å². The van der Waals surface area contributed by atoms with Crippen molar-refractivity contribution in [2.75, 3.05) is 0 Å². The number of carboxylic acid groups (broad SMARTS) is 1. The highest BCUT2D eigenvalue weighted by Crippen LogP contribution is 2.14. The van der Waals surface area contributed by atoms with E-state index in [2.05, 4.69) is 10.6 Å². The molecule has 5 nitrogen and oxygen atoms in total. The molecule has 3 N–H and O–H groups in total. The number of amides is 2. The van der Waals surface area contributed by atoms with E-state index in [4.69, 9.17) is 5.11 Å². The first-order valence-electron chi connectivity index (χ1n) is 5.96. The molecule has 0 aromatic heterocycles. The molecule has 0 unspecified atom stereocenters. The van der Waals surface area contributed by atoms with Crippen molar-refractivity contribution in [1.29, 1.82) is 0 Å². The Hall–Kier alpha value is -1.26. The van der Waals surface area contributed by atoms with Crippen LogP contribution in [0.2, 0.25) is 0 Å². The summed E-state index contributed by atoms with van der Waals surface area (Å²) in [7, 11) is 0. The molecule has 0 aliphatic carbocycles. The highest BCUT2D eigenvalue weighted by atomic mass is 16.4. The van der Waals surface area contributed by atoms with Gasteiger partial charge in [-0.25, -0.2) is 4.79 Å². The van der Waals surface area contributed by atoms with Crippen LogP contribution < -0.4 is 10.6 Å². The summed E-state index contributed by atoms with van der Waals surface area (Å²) in [5.41, 5.74) is -0.998. The van der Waals surface area contributed by atoms with Gasteiger partial charge in [0.15, 0.2) is 0 Å². The van der Waals surface area contributed by atoms with Gasteiger partial charge < -0.3 is 15.7 Å². The van der Waals surface area contributed by atoms with Crippen molar-refractivity contribution in [2.24, 2.45) is 0 Å². The molecule has 0 aliphatic heterocycles. The Balaban J connectivity index is 4.40. The summed E-state index contributed by atoms with van der Waals surface area (Å²) in [6.07, 6.45) is 1.56. The molecule has 0 aliphatic rings. The van der Waals surface area contributed by atoms with Crippen molar-refractivity contribution in [1.82, 2.24) is 10.6 Å². The van der Waals surface area contributed by atoms with Gasteiger partial charge in [0.1, 0.15) is 0 Å². The van der Waals surface area contributed by atoms with Crippen LogP contribution in [0.1, 0.15) is 53.9 Å². The van der Waals surface area contributed by atoms with Gasteiger partial charge in [-0.1, -0.05) is 13.8 Å². The molecule has 0 atom stereocenters. The first-order valence-corrected chi connectivity index (χ1v) is 5.96. The van der Waals surface area contributed by atoms with Gasteiger partial charge in [-0.05, 0) is 33.6 Å². The van der Waals surface area contributed by atoms with E-state index in [1.165, 1.54) is 0 Å². The Morgan fingerprint density at radius 3 is 1.88 bits per heavy atom. The molecule has 2 amide bonds. The highest BCUT2D eigenvalue weighted by Gasteiger charge is 2.27. The number of rotatable bonds is 6. The van der Waals surface area contributed by atoms with Gasteiger partial charge in [0.25, 0.3) is 0 Å². The maximum atomic E-state index is 11.8. The molecular weight excluding hydrogens is 220 g/mol. The molecule has 0 saturated heterocycles. The molecule has 0 bridgehead atoms. The quantitative estimate of drug-likeness (QED) is 0.669. The lowest BCUT2D eigenvalue weighted by molar-refractivity contribution is -0.138. The Morgan fingerprint density at radius 2 is 1.53 bits per heavy atom. The zero-order valence-electron chi connectivity index (χ0n) is 11.4. The Bertz CT molecular complexity index is 283. The maximum Gasteiger partial charge on any atom is 0.315 e. The molecule has 0 aromatic rings. The van der Waals surface area contributed by atoms with Crippen molar-refractivity contribution in [3.63, 3.8) is 0 Å². The van der Waals surface area contributed by atoms with E-state index in [0.29, 0.717) is 0 Å². The number of carbonyl (C=O) groups excluding carboxylic acids is 1. The number of carbonyl (C=O) groups is 2. The molecule has 100 valence electrons. The van der Waals surface area contributed by atoms with Gasteiger partial charge in [0.2, 0.25) is 0 Å². The Labute approximate surface area is 103 Å². The summed E-state index contributed by atoms with van der Waals surface area (Å²) in [5.74, 6) is -0.927. The second kappa shape index (κ2) is 5.89. The predicted octanol–water partition coefficient (Wildman–Crippen LogP) is 2.12. The average Bonchev–Trinajstić information content (AvgIpc) is 2.14. The van der Waals surface area contributed by atoms with E-state index in [0.717, 1.165) is 12.8 Å². The average molecular weight is 244 g/mol. The molecule has 0 saturated carbocycles. The number of carboxylic acids is 1. The fourth-order valence-corrected chi connectivity index (χ4v) is 1.46. The SMILES string of the molecule is CCC(C)(CC)NC(=O)NC(C)(C)CC(=O)O. The Morgan fingerprint density at radius 1 is 1.06 bits per heavy atom. The topological polar surface area (TPSA) is 78.4 Å². The lowest BCUT2D eigenvalue weighted by Crippen LogP contribution is -2.55. The van der Waals surface area contributed by atoms with Gasteiger partial charge in [0.05, 0.1) is 6.42 Å². The van der Waals surface area contributed by atoms with Gasteiger partial charge in [0, 0.05) is 11.1 Å². The summed E-state index contributed by atoms with van der Waals surface area (Å²) in [5, 5.41) is 14.3. The van der Waals surface area contributed by atoms with Crippen LogP contribution in [-0.4, -0.2) is 28.2 Å². The summed E-state index contributed by atoms with van der Waals surface area (Å²) in [6, 6.07) is -0.317. The number of urea groups is 1. The van der Waals surface area contributed by atoms with Crippen LogP contribution in [0.15, 0.2) is 0 Å². The van der Waals surface area contributed by atoms with Crippen LogP contribution in [0.3, 0.4) is 0 Å². The molecule has 0 fully saturated rings. The molecule has 0 spiro atoms. The van der Waals surface area contributed by atoms with E-state index in [1.807, 2.05) is 20.8 Å². The molecule has 17 heavy (non-hydrogen) atoms. The largest absolute Gasteiger partial charge is 0.481 e. The standard InChI is InChI=1S/C12H24N2O3/c1-6-12(5,7-2)14-10(17)13-11(3,4)8-9(15)16/h6-8H2,1-5H3,(H,15,16)(H2,13,14,17). The van der Waals surface area contributed by atoms with Gasteiger partial charge in [-0.3, -0.25) is 4.79 Å². The third kappa shape index (κ3) is 6.14. The number of aliphatic carboxylic acids is 1. The number of nitrogens with one attached hydrogen (secondary N) is 2. The fourth-order valence-electron chi connectivity index (χ4n) is 1.46. The lowest BCUT2D eigenvalue weighted by atomic mass is 9.95. The van der Waals surface area contributed by atoms with E-state index >= 15 is 0 Å². The van der Waals surface area contributed by atoms with E-state index in [1.54, 1.807) is 13.8 Å². The predicted molar refractivity (Wildman–Crippen MR) is 67.0 cm³/mol. The number of hydrogen-bond donors (Lipinski definition) is 3. The summed E-state index contributed by atoms with van der Waals surface area (Å²) in [4.78, 5) is 22.4. The fraction of sp³-hybridized carbons (Fsp3) is 0.833. The molecule has 0 heterocycles. The zero-order valence-corrected chi connectivity index (χ0v) is 11.4. The van der Waals surface area contributed by atoms with Crippen LogP contribution in [0, 0.1) is 0 Å². The maximum absolute atomic E-state index is 11.8. The molecular formula is C12H24N2O3. The van der Waals surface area contributed by atoms with Crippen LogP contribution in [0.5, 0.6) is 0 Å². The van der Waals surface area contributed by atoms with Crippen LogP contribution in [0.4, 0.5) is 4.79 Å². The minimum atomic E-state index is -0.927. The van der Waals surface area contributed by atoms with Crippen molar-refractivity contribution in [3.05, 3.63) is 0 Å². The van der Waals surface area contributed by atoms with Gasteiger partial charge >= 0.3 is 12.0 Å².